The number of nitrogens with zero attached hydrogens (tertiary/aromatic N) is 2. The van der Waals surface area contributed by atoms with E-state index in [1.807, 2.05) is 6.07 Å². The maximum Gasteiger partial charge on any atom is 0.0451 e. The number of aliphatic hydroxyl groups is 1. The molecule has 1 N–H and O–H groups in total. The summed E-state index contributed by atoms with van der Waals surface area (Å²) < 4.78 is 1.11. The average Bonchev–Trinajstić information content (AvgIpc) is 2.34. The van der Waals surface area contributed by atoms with Crippen LogP contribution in [0.1, 0.15) is 13.3 Å². The SMILES string of the molecule is CC1CN(c2cccc(Br)c2)C(CCO)CN1C. The van der Waals surface area contributed by atoms with Crippen molar-refractivity contribution in [1.82, 2.24) is 4.90 Å². The van der Waals surface area contributed by atoms with Crippen molar-refractivity contribution in [2.24, 2.45) is 0 Å². The van der Waals surface area contributed by atoms with Crippen molar-refractivity contribution in [2.45, 2.75) is 25.4 Å². The summed E-state index contributed by atoms with van der Waals surface area (Å²) in [4.78, 5) is 4.79. The number of likely N-dealkylation sites (N-methyl/N-ethyl adjacent to an activating group) is 1. The van der Waals surface area contributed by atoms with E-state index in [9.17, 15) is 5.11 Å². The topological polar surface area (TPSA) is 26.7 Å². The number of aliphatic hydroxyl groups excluding tert-OH is 1. The van der Waals surface area contributed by atoms with Gasteiger partial charge in [-0.25, -0.2) is 0 Å². The standard InChI is InChI=1S/C14H21BrN2O/c1-11-9-17(13-5-3-4-12(15)8-13)14(6-7-18)10-16(11)2/h3-5,8,11,14,18H,6-7,9-10H2,1-2H3. The Morgan fingerprint density at radius 3 is 2.83 bits per heavy atom. The summed E-state index contributed by atoms with van der Waals surface area (Å²) in [6, 6.07) is 9.35. The fraction of sp³-hybridized carbons (Fsp3) is 0.571. The molecule has 0 aromatic heterocycles. The lowest BCUT2D eigenvalue weighted by molar-refractivity contribution is 0.177. The van der Waals surface area contributed by atoms with Gasteiger partial charge in [0.2, 0.25) is 0 Å². The van der Waals surface area contributed by atoms with Gasteiger partial charge >= 0.3 is 0 Å². The zero-order valence-corrected chi connectivity index (χ0v) is 12.6. The van der Waals surface area contributed by atoms with Gasteiger partial charge in [0.25, 0.3) is 0 Å². The van der Waals surface area contributed by atoms with E-state index in [1.165, 1.54) is 5.69 Å². The lowest BCUT2D eigenvalue weighted by Gasteiger charge is -2.45. The molecule has 2 unspecified atom stereocenters. The number of benzene rings is 1. The van der Waals surface area contributed by atoms with Gasteiger partial charge in [-0.05, 0) is 38.6 Å². The monoisotopic (exact) mass is 312 g/mol. The normalized spacial score (nSPS) is 25.4. The molecule has 0 amide bonds. The van der Waals surface area contributed by atoms with Crippen molar-refractivity contribution in [3.8, 4) is 0 Å². The first kappa shape index (κ1) is 13.8. The van der Waals surface area contributed by atoms with Crippen LogP contribution in [0.5, 0.6) is 0 Å². The second-order valence-corrected chi connectivity index (χ2v) is 6.00. The van der Waals surface area contributed by atoms with Gasteiger partial charge in [-0.2, -0.15) is 0 Å². The number of anilines is 1. The van der Waals surface area contributed by atoms with Crippen LogP contribution < -0.4 is 4.90 Å². The fourth-order valence-electron chi connectivity index (χ4n) is 2.55. The molecular weight excluding hydrogens is 292 g/mol. The van der Waals surface area contributed by atoms with Crippen molar-refractivity contribution in [2.75, 3.05) is 31.6 Å². The van der Waals surface area contributed by atoms with Crippen molar-refractivity contribution in [3.63, 3.8) is 0 Å². The van der Waals surface area contributed by atoms with Crippen LogP contribution >= 0.6 is 15.9 Å². The molecule has 0 bridgehead atoms. The Labute approximate surface area is 118 Å². The van der Waals surface area contributed by atoms with Gasteiger partial charge in [0.05, 0.1) is 0 Å². The summed E-state index contributed by atoms with van der Waals surface area (Å²) in [5, 5.41) is 9.24. The third kappa shape index (κ3) is 3.05. The van der Waals surface area contributed by atoms with Gasteiger partial charge in [0.15, 0.2) is 0 Å². The van der Waals surface area contributed by atoms with Crippen LogP contribution in [0.25, 0.3) is 0 Å². The van der Waals surface area contributed by atoms with E-state index in [4.69, 9.17) is 0 Å². The van der Waals surface area contributed by atoms with Crippen LogP contribution in [-0.2, 0) is 0 Å². The molecule has 1 saturated heterocycles. The number of rotatable bonds is 3. The van der Waals surface area contributed by atoms with E-state index in [1.54, 1.807) is 0 Å². The Bertz CT molecular complexity index is 399. The van der Waals surface area contributed by atoms with Gasteiger partial charge < -0.3 is 10.0 Å². The Balaban J connectivity index is 2.22. The van der Waals surface area contributed by atoms with E-state index >= 15 is 0 Å². The molecule has 1 aliphatic rings. The first-order valence-electron chi connectivity index (χ1n) is 6.45. The lowest BCUT2D eigenvalue weighted by atomic mass is 10.0. The largest absolute Gasteiger partial charge is 0.396 e. The van der Waals surface area contributed by atoms with Crippen LogP contribution in [0.15, 0.2) is 28.7 Å². The first-order valence-corrected chi connectivity index (χ1v) is 7.24. The molecule has 1 fully saturated rings. The van der Waals surface area contributed by atoms with Gasteiger partial charge in [-0.15, -0.1) is 0 Å². The molecule has 0 saturated carbocycles. The molecule has 2 atom stereocenters. The first-order chi connectivity index (χ1) is 8.61. The van der Waals surface area contributed by atoms with Crippen molar-refractivity contribution >= 4 is 21.6 Å². The van der Waals surface area contributed by atoms with Gasteiger partial charge in [0.1, 0.15) is 0 Å². The lowest BCUT2D eigenvalue weighted by Crippen LogP contribution is -2.56. The molecule has 18 heavy (non-hydrogen) atoms. The maximum absolute atomic E-state index is 9.24. The van der Waals surface area contributed by atoms with Crippen molar-refractivity contribution in [1.29, 1.82) is 0 Å². The fourth-order valence-corrected chi connectivity index (χ4v) is 2.94. The summed E-state index contributed by atoms with van der Waals surface area (Å²) in [5.74, 6) is 0. The van der Waals surface area contributed by atoms with Crippen molar-refractivity contribution < 1.29 is 5.11 Å². The number of piperazine rings is 1. The van der Waals surface area contributed by atoms with Crippen LogP contribution in [0.2, 0.25) is 0 Å². The highest BCUT2D eigenvalue weighted by Crippen LogP contribution is 2.26. The number of halogens is 1. The minimum absolute atomic E-state index is 0.247. The molecule has 0 aliphatic carbocycles. The molecule has 0 radical (unpaired) electrons. The Morgan fingerprint density at radius 1 is 1.39 bits per heavy atom. The smallest absolute Gasteiger partial charge is 0.0451 e. The Morgan fingerprint density at radius 2 is 2.17 bits per heavy atom. The molecule has 2 rings (SSSR count). The predicted molar refractivity (Wildman–Crippen MR) is 79.1 cm³/mol. The Kier molecular flexibility index (Phi) is 4.65. The molecule has 1 aromatic carbocycles. The summed E-state index contributed by atoms with van der Waals surface area (Å²) >= 11 is 3.53. The Hall–Kier alpha value is -0.580. The summed E-state index contributed by atoms with van der Waals surface area (Å²) in [6.45, 7) is 4.52. The van der Waals surface area contributed by atoms with E-state index in [0.29, 0.717) is 12.1 Å². The summed E-state index contributed by atoms with van der Waals surface area (Å²) in [5.41, 5.74) is 1.24. The molecule has 100 valence electrons. The van der Waals surface area contributed by atoms with Gasteiger partial charge in [-0.3, -0.25) is 4.90 Å². The van der Waals surface area contributed by atoms with Gasteiger partial charge in [0, 0.05) is 41.9 Å². The molecule has 1 aromatic rings. The third-order valence-corrected chi connectivity index (χ3v) is 4.25. The van der Waals surface area contributed by atoms with E-state index in [-0.39, 0.29) is 6.61 Å². The minimum Gasteiger partial charge on any atom is -0.396 e. The second-order valence-electron chi connectivity index (χ2n) is 5.09. The highest BCUT2D eigenvalue weighted by atomic mass is 79.9. The van der Waals surface area contributed by atoms with E-state index < -0.39 is 0 Å². The third-order valence-electron chi connectivity index (χ3n) is 3.76. The minimum atomic E-state index is 0.247. The number of hydrogen-bond donors (Lipinski definition) is 1. The zero-order chi connectivity index (χ0) is 13.1. The number of hydrogen-bond acceptors (Lipinski definition) is 3. The van der Waals surface area contributed by atoms with Gasteiger partial charge in [-0.1, -0.05) is 22.0 Å². The van der Waals surface area contributed by atoms with Crippen LogP contribution in [0, 0.1) is 0 Å². The van der Waals surface area contributed by atoms with E-state index in [2.05, 4.69) is 57.9 Å². The molecule has 1 heterocycles. The van der Waals surface area contributed by atoms with E-state index in [0.717, 1.165) is 24.0 Å². The molecule has 4 heteroatoms. The molecular formula is C14H21BrN2O. The second kappa shape index (κ2) is 6.04. The van der Waals surface area contributed by atoms with Crippen molar-refractivity contribution in [3.05, 3.63) is 28.7 Å². The average molecular weight is 313 g/mol. The highest BCUT2D eigenvalue weighted by molar-refractivity contribution is 9.10. The maximum atomic E-state index is 9.24. The van der Waals surface area contributed by atoms with Crippen LogP contribution in [0.4, 0.5) is 5.69 Å². The summed E-state index contributed by atoms with van der Waals surface area (Å²) in [7, 11) is 2.16. The van der Waals surface area contributed by atoms with Crippen LogP contribution in [-0.4, -0.2) is 48.8 Å². The molecule has 1 aliphatic heterocycles. The molecule has 3 nitrogen and oxygen atoms in total. The van der Waals surface area contributed by atoms with Crippen LogP contribution in [0.3, 0.4) is 0 Å². The highest BCUT2D eigenvalue weighted by Gasteiger charge is 2.29. The summed E-state index contributed by atoms with van der Waals surface area (Å²) in [6.07, 6.45) is 0.823. The predicted octanol–water partition coefficient (Wildman–Crippen LogP) is 2.34. The molecule has 0 spiro atoms. The zero-order valence-electron chi connectivity index (χ0n) is 11.0. The quantitative estimate of drug-likeness (QED) is 0.928.